The lowest BCUT2D eigenvalue weighted by Crippen LogP contribution is -2.33. The monoisotopic (exact) mass is 402 g/mol. The van der Waals surface area contributed by atoms with E-state index >= 15 is 0 Å². The van der Waals surface area contributed by atoms with Gasteiger partial charge >= 0.3 is 0 Å². The second-order valence-electron chi connectivity index (χ2n) is 6.56. The van der Waals surface area contributed by atoms with E-state index in [1.54, 1.807) is 74.9 Å². The zero-order valence-electron chi connectivity index (χ0n) is 16.5. The minimum atomic E-state index is -0.451. The van der Waals surface area contributed by atoms with E-state index in [0.29, 0.717) is 17.2 Å². The molecule has 1 aliphatic rings. The van der Waals surface area contributed by atoms with Crippen molar-refractivity contribution in [2.75, 3.05) is 19.1 Å². The Hall–Kier alpha value is -3.93. The van der Waals surface area contributed by atoms with Crippen molar-refractivity contribution in [3.8, 4) is 11.5 Å². The maximum absolute atomic E-state index is 14.5. The van der Waals surface area contributed by atoms with Crippen LogP contribution in [0.5, 0.6) is 11.5 Å². The van der Waals surface area contributed by atoms with Gasteiger partial charge in [0, 0.05) is 0 Å². The topological polar surface area (TPSA) is 51.1 Å². The molecule has 0 saturated heterocycles. The Balaban J connectivity index is 1.80. The van der Waals surface area contributed by atoms with Crippen LogP contribution < -0.4 is 14.4 Å². The average Bonchev–Trinajstić information content (AvgIpc) is 3.10. The molecule has 30 heavy (non-hydrogen) atoms. The standard InChI is InChI=1S/C24H19FN2O3/c1-29-18-11-7-16(8-12-18)15-22-24(28)27(17-9-13-19(30-2)14-10-17)23(26-22)20-5-3-4-6-21(20)25/h3-15H,1-2H3/b22-15+. The van der Waals surface area contributed by atoms with Crippen LogP contribution in [0.25, 0.3) is 6.08 Å². The van der Waals surface area contributed by atoms with Crippen molar-refractivity contribution < 1.29 is 18.7 Å². The van der Waals surface area contributed by atoms with Crippen LogP contribution in [0.3, 0.4) is 0 Å². The quantitative estimate of drug-likeness (QED) is 0.583. The Kier molecular flexibility index (Phi) is 5.30. The molecule has 0 fully saturated rings. The molecule has 1 amide bonds. The van der Waals surface area contributed by atoms with Gasteiger partial charge in [0.25, 0.3) is 5.91 Å². The summed E-state index contributed by atoms with van der Waals surface area (Å²) >= 11 is 0. The Morgan fingerprint density at radius 1 is 0.867 bits per heavy atom. The van der Waals surface area contributed by atoms with Crippen molar-refractivity contribution in [1.82, 2.24) is 0 Å². The molecule has 1 heterocycles. The summed E-state index contributed by atoms with van der Waals surface area (Å²) in [5.41, 5.74) is 1.82. The molecule has 6 heteroatoms. The minimum absolute atomic E-state index is 0.217. The number of methoxy groups -OCH3 is 2. The molecule has 0 aromatic heterocycles. The summed E-state index contributed by atoms with van der Waals surface area (Å²) in [7, 11) is 3.16. The molecule has 0 spiro atoms. The molecule has 0 aliphatic carbocycles. The molecule has 1 aliphatic heterocycles. The molecule has 0 atom stereocenters. The Labute approximate surface area is 173 Å². The molecular weight excluding hydrogens is 383 g/mol. The minimum Gasteiger partial charge on any atom is -0.497 e. The van der Waals surface area contributed by atoms with Gasteiger partial charge in [0.2, 0.25) is 0 Å². The number of hydrogen-bond donors (Lipinski definition) is 0. The van der Waals surface area contributed by atoms with Crippen molar-refractivity contribution >= 4 is 23.5 Å². The van der Waals surface area contributed by atoms with Gasteiger partial charge in [0.15, 0.2) is 5.84 Å². The number of carbonyl (C=O) groups is 1. The van der Waals surface area contributed by atoms with E-state index < -0.39 is 5.82 Å². The fourth-order valence-electron chi connectivity index (χ4n) is 3.17. The van der Waals surface area contributed by atoms with Gasteiger partial charge in [0.1, 0.15) is 23.0 Å². The van der Waals surface area contributed by atoms with Crippen LogP contribution in [-0.2, 0) is 4.79 Å². The molecule has 3 aromatic carbocycles. The van der Waals surface area contributed by atoms with E-state index in [-0.39, 0.29) is 23.0 Å². The second kappa shape index (κ2) is 8.21. The van der Waals surface area contributed by atoms with Crippen molar-refractivity contribution in [2.45, 2.75) is 0 Å². The third-order valence-corrected chi connectivity index (χ3v) is 4.72. The third-order valence-electron chi connectivity index (χ3n) is 4.72. The first-order valence-corrected chi connectivity index (χ1v) is 9.28. The Morgan fingerprint density at radius 2 is 1.47 bits per heavy atom. The van der Waals surface area contributed by atoms with Crippen molar-refractivity contribution in [1.29, 1.82) is 0 Å². The molecule has 0 unspecified atom stereocenters. The van der Waals surface area contributed by atoms with Crippen LogP contribution in [0.1, 0.15) is 11.1 Å². The normalized spacial score (nSPS) is 14.8. The highest BCUT2D eigenvalue weighted by molar-refractivity contribution is 6.33. The highest BCUT2D eigenvalue weighted by Crippen LogP contribution is 2.30. The zero-order chi connectivity index (χ0) is 21.1. The summed E-state index contributed by atoms with van der Waals surface area (Å²) < 4.78 is 24.9. The lowest BCUT2D eigenvalue weighted by molar-refractivity contribution is -0.113. The van der Waals surface area contributed by atoms with E-state index in [2.05, 4.69) is 4.99 Å². The zero-order valence-corrected chi connectivity index (χ0v) is 16.5. The summed E-state index contributed by atoms with van der Waals surface area (Å²) in [6, 6.07) is 20.5. The van der Waals surface area contributed by atoms with Crippen LogP contribution in [-0.4, -0.2) is 26.0 Å². The molecular formula is C24H19FN2O3. The first kappa shape index (κ1) is 19.4. The van der Waals surface area contributed by atoms with E-state index in [4.69, 9.17) is 9.47 Å². The number of nitrogens with zero attached hydrogens (tertiary/aromatic N) is 2. The predicted octanol–water partition coefficient (Wildman–Crippen LogP) is 4.68. The summed E-state index contributed by atoms with van der Waals surface area (Å²) in [4.78, 5) is 19.1. The fourth-order valence-corrected chi connectivity index (χ4v) is 3.17. The van der Waals surface area contributed by atoms with Gasteiger partial charge in [-0.25, -0.2) is 9.38 Å². The largest absolute Gasteiger partial charge is 0.497 e. The maximum Gasteiger partial charge on any atom is 0.282 e. The molecule has 0 saturated carbocycles. The summed E-state index contributed by atoms with van der Waals surface area (Å²) in [6.45, 7) is 0. The SMILES string of the molecule is COc1ccc(/C=C2/N=C(c3ccccc3F)N(c3ccc(OC)cc3)C2=O)cc1. The Bertz CT molecular complexity index is 1140. The van der Waals surface area contributed by atoms with E-state index in [1.807, 2.05) is 12.1 Å². The molecule has 150 valence electrons. The molecule has 0 N–H and O–H groups in total. The lowest BCUT2D eigenvalue weighted by atomic mass is 10.1. The Morgan fingerprint density at radius 3 is 2.07 bits per heavy atom. The van der Waals surface area contributed by atoms with Gasteiger partial charge in [-0.1, -0.05) is 24.3 Å². The van der Waals surface area contributed by atoms with Gasteiger partial charge in [0.05, 0.1) is 25.5 Å². The highest BCUT2D eigenvalue weighted by Gasteiger charge is 2.33. The van der Waals surface area contributed by atoms with Crippen molar-refractivity contribution in [2.24, 2.45) is 4.99 Å². The summed E-state index contributed by atoms with van der Waals surface area (Å²) in [5, 5.41) is 0. The van der Waals surface area contributed by atoms with Crippen molar-refractivity contribution in [3.63, 3.8) is 0 Å². The first-order chi connectivity index (χ1) is 14.6. The smallest absolute Gasteiger partial charge is 0.282 e. The molecule has 0 radical (unpaired) electrons. The number of halogens is 1. The van der Waals surface area contributed by atoms with Crippen LogP contribution in [0.2, 0.25) is 0 Å². The van der Waals surface area contributed by atoms with Crippen LogP contribution in [0.4, 0.5) is 10.1 Å². The van der Waals surface area contributed by atoms with Gasteiger partial charge < -0.3 is 9.47 Å². The van der Waals surface area contributed by atoms with Gasteiger partial charge in [-0.2, -0.15) is 0 Å². The summed E-state index contributed by atoms with van der Waals surface area (Å²) in [5.74, 6) is 0.819. The highest BCUT2D eigenvalue weighted by atomic mass is 19.1. The van der Waals surface area contributed by atoms with E-state index in [1.165, 1.54) is 11.0 Å². The summed E-state index contributed by atoms with van der Waals surface area (Å²) in [6.07, 6.45) is 1.67. The average molecular weight is 402 g/mol. The third kappa shape index (κ3) is 3.67. The van der Waals surface area contributed by atoms with Gasteiger partial charge in [-0.05, 0) is 60.2 Å². The first-order valence-electron chi connectivity index (χ1n) is 9.28. The molecule has 3 aromatic rings. The molecule has 5 nitrogen and oxygen atoms in total. The number of benzene rings is 3. The second-order valence-corrected chi connectivity index (χ2v) is 6.56. The number of anilines is 1. The van der Waals surface area contributed by atoms with Crippen LogP contribution in [0, 0.1) is 5.82 Å². The van der Waals surface area contributed by atoms with E-state index in [0.717, 1.165) is 5.56 Å². The number of rotatable bonds is 5. The lowest BCUT2D eigenvalue weighted by Gasteiger charge is -2.19. The number of amides is 1. The fraction of sp³-hybridized carbons (Fsp3) is 0.0833. The maximum atomic E-state index is 14.5. The molecule has 4 rings (SSSR count). The van der Waals surface area contributed by atoms with Gasteiger partial charge in [-0.15, -0.1) is 0 Å². The van der Waals surface area contributed by atoms with Crippen LogP contribution in [0.15, 0.2) is 83.5 Å². The number of amidine groups is 1. The van der Waals surface area contributed by atoms with Crippen LogP contribution >= 0.6 is 0 Å². The molecule has 0 bridgehead atoms. The number of carbonyl (C=O) groups excluding carboxylic acids is 1. The van der Waals surface area contributed by atoms with E-state index in [9.17, 15) is 9.18 Å². The van der Waals surface area contributed by atoms with Gasteiger partial charge in [-0.3, -0.25) is 9.69 Å². The number of hydrogen-bond acceptors (Lipinski definition) is 4. The van der Waals surface area contributed by atoms with Crippen molar-refractivity contribution in [3.05, 3.63) is 95.4 Å². The number of ether oxygens (including phenoxy) is 2. The number of aliphatic imine (C=N–C) groups is 1. The predicted molar refractivity (Wildman–Crippen MR) is 114 cm³/mol.